The second-order valence-corrected chi connectivity index (χ2v) is 6.30. The molecule has 1 aliphatic heterocycles. The molecule has 0 saturated carbocycles. The van der Waals surface area contributed by atoms with E-state index in [1.165, 1.54) is 6.42 Å². The molecule has 1 aromatic carbocycles. The molecule has 2 heterocycles. The van der Waals surface area contributed by atoms with Gasteiger partial charge < -0.3 is 24.7 Å². The molecule has 140 valence electrons. The minimum Gasteiger partial charge on any atom is -0.491 e. The van der Waals surface area contributed by atoms with E-state index >= 15 is 0 Å². The van der Waals surface area contributed by atoms with Crippen molar-refractivity contribution in [1.82, 2.24) is 14.9 Å². The molecule has 1 aromatic heterocycles. The molecule has 1 atom stereocenters. The predicted molar refractivity (Wildman–Crippen MR) is 99.3 cm³/mol. The van der Waals surface area contributed by atoms with Crippen molar-refractivity contribution in [1.29, 1.82) is 0 Å². The van der Waals surface area contributed by atoms with Crippen molar-refractivity contribution in [3.63, 3.8) is 0 Å². The van der Waals surface area contributed by atoms with Crippen LogP contribution < -0.4 is 15.4 Å². The van der Waals surface area contributed by atoms with Gasteiger partial charge in [-0.2, -0.15) is 0 Å². The van der Waals surface area contributed by atoms with Crippen molar-refractivity contribution in [3.05, 3.63) is 42.5 Å². The Morgan fingerprint density at radius 2 is 2.19 bits per heavy atom. The lowest BCUT2D eigenvalue weighted by Gasteiger charge is -2.22. The summed E-state index contributed by atoms with van der Waals surface area (Å²) in [6, 6.07) is 7.10. The number of rotatable bonds is 7. The van der Waals surface area contributed by atoms with Crippen molar-refractivity contribution < 1.29 is 14.3 Å². The largest absolute Gasteiger partial charge is 0.491 e. The lowest BCUT2D eigenvalue weighted by atomic mass is 10.1. The van der Waals surface area contributed by atoms with Gasteiger partial charge in [-0.15, -0.1) is 0 Å². The topological polar surface area (TPSA) is 77.4 Å². The summed E-state index contributed by atoms with van der Waals surface area (Å²) in [7, 11) is 0. The van der Waals surface area contributed by atoms with Gasteiger partial charge in [0.25, 0.3) is 0 Å². The van der Waals surface area contributed by atoms with Crippen molar-refractivity contribution >= 4 is 11.7 Å². The summed E-state index contributed by atoms with van der Waals surface area (Å²) >= 11 is 0. The molecule has 0 bridgehead atoms. The van der Waals surface area contributed by atoms with Crippen LogP contribution in [-0.2, 0) is 17.8 Å². The maximum Gasteiger partial charge on any atom is 0.319 e. The number of hydrogen-bond donors (Lipinski definition) is 2. The van der Waals surface area contributed by atoms with E-state index in [1.807, 2.05) is 35.8 Å². The second kappa shape index (κ2) is 9.24. The minimum atomic E-state index is -0.252. The average Bonchev–Trinajstić information content (AvgIpc) is 3.14. The van der Waals surface area contributed by atoms with E-state index in [4.69, 9.17) is 9.47 Å². The van der Waals surface area contributed by atoms with Crippen LogP contribution in [0.25, 0.3) is 0 Å². The van der Waals surface area contributed by atoms with Gasteiger partial charge in [-0.25, -0.2) is 9.78 Å². The van der Waals surface area contributed by atoms with Gasteiger partial charge in [0.1, 0.15) is 12.4 Å². The highest BCUT2D eigenvalue weighted by molar-refractivity contribution is 5.89. The Morgan fingerprint density at radius 3 is 2.92 bits per heavy atom. The quantitative estimate of drug-likeness (QED) is 0.797. The van der Waals surface area contributed by atoms with Crippen LogP contribution in [0, 0.1) is 0 Å². The third-order valence-corrected chi connectivity index (χ3v) is 4.39. The number of ether oxygens (including phenoxy) is 2. The smallest absolute Gasteiger partial charge is 0.319 e. The fourth-order valence-electron chi connectivity index (χ4n) is 2.89. The van der Waals surface area contributed by atoms with Crippen LogP contribution in [0.4, 0.5) is 10.5 Å². The number of amides is 2. The van der Waals surface area contributed by atoms with E-state index in [2.05, 4.69) is 15.6 Å². The SMILES string of the molecule is CCn1cncc1CNC(=O)Nc1ccc(OC[C@H]2CCCCO2)cc1. The Bertz CT molecular complexity index is 693. The molecule has 2 N–H and O–H groups in total. The lowest BCUT2D eigenvalue weighted by molar-refractivity contribution is -0.0110. The number of anilines is 1. The molecule has 26 heavy (non-hydrogen) atoms. The van der Waals surface area contributed by atoms with Gasteiger partial charge in [0, 0.05) is 25.0 Å². The number of imidazole rings is 1. The molecule has 1 aliphatic rings. The summed E-state index contributed by atoms with van der Waals surface area (Å²) in [4.78, 5) is 16.1. The van der Waals surface area contributed by atoms with Gasteiger partial charge in [0.15, 0.2) is 0 Å². The Hall–Kier alpha value is -2.54. The van der Waals surface area contributed by atoms with Crippen LogP contribution in [0.5, 0.6) is 5.75 Å². The zero-order valence-electron chi connectivity index (χ0n) is 15.1. The highest BCUT2D eigenvalue weighted by atomic mass is 16.5. The van der Waals surface area contributed by atoms with E-state index in [0.717, 1.165) is 37.4 Å². The first-order valence-corrected chi connectivity index (χ1v) is 9.13. The molecule has 1 saturated heterocycles. The third kappa shape index (κ3) is 5.23. The predicted octanol–water partition coefficient (Wildman–Crippen LogP) is 3.17. The van der Waals surface area contributed by atoms with Crippen LogP contribution >= 0.6 is 0 Å². The van der Waals surface area contributed by atoms with Crippen LogP contribution in [0.2, 0.25) is 0 Å². The fraction of sp³-hybridized carbons (Fsp3) is 0.474. The molecule has 7 heteroatoms. The number of nitrogens with one attached hydrogen (secondary N) is 2. The number of aryl methyl sites for hydroxylation is 1. The summed E-state index contributed by atoms with van der Waals surface area (Å²) in [6.45, 7) is 4.69. The van der Waals surface area contributed by atoms with Gasteiger partial charge in [0.2, 0.25) is 0 Å². The first kappa shape index (κ1) is 18.3. The highest BCUT2D eigenvalue weighted by Crippen LogP contribution is 2.18. The maximum absolute atomic E-state index is 12.0. The zero-order valence-corrected chi connectivity index (χ0v) is 15.1. The summed E-state index contributed by atoms with van der Waals surface area (Å²) in [6.07, 6.45) is 7.09. The Balaban J connectivity index is 1.42. The summed E-state index contributed by atoms with van der Waals surface area (Å²) < 4.78 is 13.4. The molecular formula is C19H26N4O3. The monoisotopic (exact) mass is 358 g/mol. The highest BCUT2D eigenvalue weighted by Gasteiger charge is 2.14. The van der Waals surface area contributed by atoms with Gasteiger partial charge in [-0.3, -0.25) is 0 Å². The Kier molecular flexibility index (Phi) is 6.49. The molecule has 3 rings (SSSR count). The molecule has 2 amide bonds. The molecule has 0 aliphatic carbocycles. The molecule has 2 aromatic rings. The molecular weight excluding hydrogens is 332 g/mol. The van der Waals surface area contributed by atoms with Crippen LogP contribution in [0.3, 0.4) is 0 Å². The van der Waals surface area contributed by atoms with Crippen molar-refractivity contribution in [2.45, 2.75) is 45.4 Å². The normalized spacial score (nSPS) is 16.9. The lowest BCUT2D eigenvalue weighted by Crippen LogP contribution is -2.29. The standard InChI is InChI=1S/C19H26N4O3/c1-2-23-14-20-11-16(23)12-21-19(24)22-15-6-8-17(9-7-15)26-13-18-5-3-4-10-25-18/h6-9,11,14,18H,2-5,10,12-13H2,1H3,(H2,21,22,24)/t18-/m1/s1. The zero-order chi connectivity index (χ0) is 18.2. The number of carbonyl (C=O) groups excluding carboxylic acids is 1. The van der Waals surface area contributed by atoms with Crippen LogP contribution in [0.1, 0.15) is 31.9 Å². The van der Waals surface area contributed by atoms with E-state index < -0.39 is 0 Å². The van der Waals surface area contributed by atoms with E-state index in [0.29, 0.717) is 18.8 Å². The molecule has 0 radical (unpaired) electrons. The summed E-state index contributed by atoms with van der Waals surface area (Å²) in [5.41, 5.74) is 1.68. The Morgan fingerprint density at radius 1 is 1.35 bits per heavy atom. The summed E-state index contributed by atoms with van der Waals surface area (Å²) in [5, 5.41) is 5.65. The number of nitrogens with zero attached hydrogens (tertiary/aromatic N) is 2. The molecule has 0 spiro atoms. The first-order chi connectivity index (χ1) is 12.7. The van der Waals surface area contributed by atoms with E-state index in [-0.39, 0.29) is 12.1 Å². The van der Waals surface area contributed by atoms with E-state index in [9.17, 15) is 4.79 Å². The fourth-order valence-corrected chi connectivity index (χ4v) is 2.89. The number of hydrogen-bond acceptors (Lipinski definition) is 4. The average molecular weight is 358 g/mol. The van der Waals surface area contributed by atoms with Gasteiger partial charge in [-0.1, -0.05) is 0 Å². The first-order valence-electron chi connectivity index (χ1n) is 9.13. The second-order valence-electron chi connectivity index (χ2n) is 6.30. The number of aromatic nitrogens is 2. The van der Waals surface area contributed by atoms with Crippen molar-refractivity contribution in [2.24, 2.45) is 0 Å². The van der Waals surface area contributed by atoms with Crippen LogP contribution in [-0.4, -0.2) is 34.9 Å². The Labute approximate surface area is 153 Å². The molecule has 1 fully saturated rings. The van der Waals surface area contributed by atoms with Crippen LogP contribution in [0.15, 0.2) is 36.8 Å². The number of benzene rings is 1. The minimum absolute atomic E-state index is 0.184. The molecule has 7 nitrogen and oxygen atoms in total. The van der Waals surface area contributed by atoms with Gasteiger partial charge in [-0.05, 0) is 50.5 Å². The number of urea groups is 1. The maximum atomic E-state index is 12.0. The molecule has 0 unspecified atom stereocenters. The van der Waals surface area contributed by atoms with Gasteiger partial charge >= 0.3 is 6.03 Å². The van der Waals surface area contributed by atoms with Crippen molar-refractivity contribution in [2.75, 3.05) is 18.5 Å². The summed E-state index contributed by atoms with van der Waals surface area (Å²) in [5.74, 6) is 0.775. The van der Waals surface area contributed by atoms with Gasteiger partial charge in [0.05, 0.1) is 24.7 Å². The number of carbonyl (C=O) groups is 1. The third-order valence-electron chi connectivity index (χ3n) is 4.39. The van der Waals surface area contributed by atoms with Crippen molar-refractivity contribution in [3.8, 4) is 5.75 Å². The van der Waals surface area contributed by atoms with E-state index in [1.54, 1.807) is 12.5 Å².